The first-order chi connectivity index (χ1) is 11.6. The summed E-state index contributed by atoms with van der Waals surface area (Å²) in [5.41, 5.74) is 4.33. The molecule has 4 heteroatoms. The van der Waals surface area contributed by atoms with Crippen LogP contribution < -0.4 is 5.32 Å². The van der Waals surface area contributed by atoms with E-state index in [4.69, 9.17) is 4.74 Å². The summed E-state index contributed by atoms with van der Waals surface area (Å²) in [6, 6.07) is 7.83. The van der Waals surface area contributed by atoms with Gasteiger partial charge in [0, 0.05) is 32.3 Å². The Balaban J connectivity index is 1.55. The fraction of sp³-hybridized carbons (Fsp3) is 0.650. The van der Waals surface area contributed by atoms with E-state index in [9.17, 15) is 4.79 Å². The molecule has 1 amide bonds. The maximum atomic E-state index is 12.1. The van der Waals surface area contributed by atoms with E-state index >= 15 is 0 Å². The highest BCUT2D eigenvalue weighted by Gasteiger charge is 2.32. The first kappa shape index (κ1) is 17.4. The van der Waals surface area contributed by atoms with Gasteiger partial charge in [0.05, 0.1) is 13.0 Å². The molecule has 1 N–H and O–H groups in total. The summed E-state index contributed by atoms with van der Waals surface area (Å²) in [6.45, 7) is 6.76. The van der Waals surface area contributed by atoms with Crippen molar-refractivity contribution in [1.82, 2.24) is 10.2 Å². The predicted octanol–water partition coefficient (Wildman–Crippen LogP) is 2.85. The van der Waals surface area contributed by atoms with Crippen molar-refractivity contribution in [2.45, 2.75) is 51.6 Å². The summed E-state index contributed by atoms with van der Waals surface area (Å²) in [5, 5.41) is 3.89. The van der Waals surface area contributed by atoms with Crippen molar-refractivity contribution in [3.63, 3.8) is 0 Å². The average molecular weight is 330 g/mol. The van der Waals surface area contributed by atoms with Gasteiger partial charge in [-0.3, -0.25) is 4.79 Å². The fourth-order valence-corrected chi connectivity index (χ4v) is 4.11. The number of nitrogens with one attached hydrogen (secondary N) is 1. The van der Waals surface area contributed by atoms with E-state index in [2.05, 4.69) is 37.4 Å². The molecule has 0 bridgehead atoms. The molecule has 0 unspecified atom stereocenters. The Kier molecular flexibility index (Phi) is 5.57. The minimum atomic E-state index is 0.227. The molecule has 1 heterocycles. The van der Waals surface area contributed by atoms with E-state index in [1.54, 1.807) is 7.11 Å². The summed E-state index contributed by atoms with van der Waals surface area (Å²) in [7, 11) is 1.64. The van der Waals surface area contributed by atoms with Crippen molar-refractivity contribution in [3.05, 3.63) is 34.9 Å². The van der Waals surface area contributed by atoms with E-state index < -0.39 is 0 Å². The van der Waals surface area contributed by atoms with Crippen molar-refractivity contribution in [2.75, 3.05) is 26.8 Å². The lowest BCUT2D eigenvalue weighted by molar-refractivity contribution is -0.133. The highest BCUT2D eigenvalue weighted by atomic mass is 16.5. The van der Waals surface area contributed by atoms with Crippen LogP contribution in [0.3, 0.4) is 0 Å². The maximum absolute atomic E-state index is 12.1. The number of rotatable bonds is 5. The normalized spacial score (nSPS) is 24.2. The number of carbonyl (C=O) groups is 1. The van der Waals surface area contributed by atoms with Gasteiger partial charge >= 0.3 is 0 Å². The van der Waals surface area contributed by atoms with Gasteiger partial charge in [-0.15, -0.1) is 0 Å². The van der Waals surface area contributed by atoms with Crippen LogP contribution in [-0.4, -0.2) is 43.7 Å². The summed E-state index contributed by atoms with van der Waals surface area (Å²) in [5.74, 6) is 0.869. The van der Waals surface area contributed by atoms with Crippen LogP contribution in [0.4, 0.5) is 0 Å². The molecule has 132 valence electrons. The molecule has 2 atom stereocenters. The molecule has 0 saturated carbocycles. The lowest BCUT2D eigenvalue weighted by Gasteiger charge is -2.35. The summed E-state index contributed by atoms with van der Waals surface area (Å²) >= 11 is 0. The third-order valence-electron chi connectivity index (χ3n) is 5.53. The third kappa shape index (κ3) is 3.81. The van der Waals surface area contributed by atoms with Crippen LogP contribution in [-0.2, 0) is 16.0 Å². The minimum Gasteiger partial charge on any atom is -0.384 e. The molecule has 1 aromatic carbocycles. The number of hydrogen-bond acceptors (Lipinski definition) is 3. The van der Waals surface area contributed by atoms with Crippen LogP contribution in [0, 0.1) is 12.8 Å². The number of hydrogen-bond donors (Lipinski definition) is 1. The third-order valence-corrected chi connectivity index (χ3v) is 5.53. The lowest BCUT2D eigenvalue weighted by atomic mass is 9.97. The van der Waals surface area contributed by atoms with E-state index in [1.165, 1.54) is 23.1 Å². The molecule has 1 aromatic rings. The number of ether oxygens (including phenoxy) is 1. The number of aryl methyl sites for hydroxylation is 1. The van der Waals surface area contributed by atoms with E-state index in [-0.39, 0.29) is 5.91 Å². The van der Waals surface area contributed by atoms with Crippen LogP contribution in [0.2, 0.25) is 0 Å². The molecule has 2 aliphatic rings. The maximum Gasteiger partial charge on any atom is 0.224 e. The summed E-state index contributed by atoms with van der Waals surface area (Å²) < 4.78 is 5.01. The Bertz CT molecular complexity index is 579. The summed E-state index contributed by atoms with van der Waals surface area (Å²) in [4.78, 5) is 14.1. The van der Waals surface area contributed by atoms with Gasteiger partial charge in [0.15, 0.2) is 0 Å². The SMILES string of the molecule is COCCC(=O)N1CCC(N[C@@H]2c3cc(C)ccc3C[C@@H]2C)CC1. The Labute approximate surface area is 145 Å². The van der Waals surface area contributed by atoms with E-state index in [0.29, 0.717) is 31.0 Å². The topological polar surface area (TPSA) is 41.6 Å². The molecule has 4 nitrogen and oxygen atoms in total. The predicted molar refractivity (Wildman–Crippen MR) is 96.0 cm³/mol. The van der Waals surface area contributed by atoms with Gasteiger partial charge in [-0.05, 0) is 43.2 Å². The summed E-state index contributed by atoms with van der Waals surface area (Å²) in [6.07, 6.45) is 3.76. The fourth-order valence-electron chi connectivity index (χ4n) is 4.11. The molecule has 0 spiro atoms. The quantitative estimate of drug-likeness (QED) is 0.903. The Morgan fingerprint density at radius 2 is 2.08 bits per heavy atom. The second-order valence-electron chi connectivity index (χ2n) is 7.43. The number of fused-ring (bicyclic) bond motifs is 1. The number of benzene rings is 1. The van der Waals surface area contributed by atoms with Crippen molar-refractivity contribution in [1.29, 1.82) is 0 Å². The van der Waals surface area contributed by atoms with Crippen molar-refractivity contribution in [3.8, 4) is 0 Å². The zero-order valence-corrected chi connectivity index (χ0v) is 15.2. The molecule has 3 rings (SSSR count). The van der Waals surface area contributed by atoms with Gasteiger partial charge in [-0.25, -0.2) is 0 Å². The van der Waals surface area contributed by atoms with Crippen molar-refractivity contribution in [2.24, 2.45) is 5.92 Å². The van der Waals surface area contributed by atoms with Crippen molar-refractivity contribution < 1.29 is 9.53 Å². The first-order valence-electron chi connectivity index (χ1n) is 9.20. The van der Waals surface area contributed by atoms with Crippen LogP contribution in [0.25, 0.3) is 0 Å². The molecule has 0 aromatic heterocycles. The number of piperidine rings is 1. The van der Waals surface area contributed by atoms with Gasteiger partial charge in [0.25, 0.3) is 0 Å². The van der Waals surface area contributed by atoms with E-state index in [0.717, 1.165) is 25.9 Å². The standard InChI is InChI=1S/C20H30N2O2/c1-14-4-5-16-13-15(2)20(18(16)12-14)21-17-6-9-22(10-7-17)19(23)8-11-24-3/h4-5,12,15,17,20-21H,6-11,13H2,1-3H3/t15-,20-/m0/s1. The smallest absolute Gasteiger partial charge is 0.224 e. The molecule has 1 aliphatic carbocycles. The zero-order chi connectivity index (χ0) is 17.1. The van der Waals surface area contributed by atoms with Gasteiger partial charge in [0.1, 0.15) is 0 Å². The van der Waals surface area contributed by atoms with Gasteiger partial charge in [0.2, 0.25) is 5.91 Å². The second-order valence-corrected chi connectivity index (χ2v) is 7.43. The Hall–Kier alpha value is -1.39. The minimum absolute atomic E-state index is 0.227. The Morgan fingerprint density at radius 3 is 2.79 bits per heavy atom. The van der Waals surface area contributed by atoms with Gasteiger partial charge in [-0.2, -0.15) is 0 Å². The number of methoxy groups -OCH3 is 1. The number of nitrogens with zero attached hydrogens (tertiary/aromatic N) is 1. The van der Waals surface area contributed by atoms with Crippen molar-refractivity contribution >= 4 is 5.91 Å². The highest BCUT2D eigenvalue weighted by molar-refractivity contribution is 5.76. The largest absolute Gasteiger partial charge is 0.384 e. The van der Waals surface area contributed by atoms with Gasteiger partial charge in [-0.1, -0.05) is 30.7 Å². The second kappa shape index (κ2) is 7.66. The molecular weight excluding hydrogens is 300 g/mol. The molecule has 24 heavy (non-hydrogen) atoms. The monoisotopic (exact) mass is 330 g/mol. The zero-order valence-electron chi connectivity index (χ0n) is 15.2. The van der Waals surface area contributed by atoms with Gasteiger partial charge < -0.3 is 15.0 Å². The van der Waals surface area contributed by atoms with Crippen LogP contribution in [0.5, 0.6) is 0 Å². The average Bonchev–Trinajstić information content (AvgIpc) is 2.88. The first-order valence-corrected chi connectivity index (χ1v) is 9.20. The van der Waals surface area contributed by atoms with E-state index in [1.807, 2.05) is 4.90 Å². The lowest BCUT2D eigenvalue weighted by Crippen LogP contribution is -2.46. The molecule has 1 saturated heterocycles. The molecular formula is C20H30N2O2. The molecule has 0 radical (unpaired) electrons. The molecule has 1 fully saturated rings. The number of amides is 1. The van der Waals surface area contributed by atoms with Crippen LogP contribution >= 0.6 is 0 Å². The van der Waals surface area contributed by atoms with Crippen LogP contribution in [0.15, 0.2) is 18.2 Å². The Morgan fingerprint density at radius 1 is 1.33 bits per heavy atom. The number of likely N-dealkylation sites (tertiary alicyclic amines) is 1. The molecule has 1 aliphatic heterocycles. The number of carbonyl (C=O) groups excluding carboxylic acids is 1. The van der Waals surface area contributed by atoms with Crippen LogP contribution in [0.1, 0.15) is 48.9 Å². The highest BCUT2D eigenvalue weighted by Crippen LogP contribution is 2.37.